The van der Waals surface area contributed by atoms with E-state index in [9.17, 15) is 9.59 Å². The molecular weight excluding hydrogens is 232 g/mol. The van der Waals surface area contributed by atoms with Crippen molar-refractivity contribution < 1.29 is 14.3 Å². The van der Waals surface area contributed by atoms with Gasteiger partial charge in [-0.15, -0.1) is 0 Å². The van der Waals surface area contributed by atoms with Gasteiger partial charge in [-0.3, -0.25) is 9.59 Å². The van der Waals surface area contributed by atoms with Crippen LogP contribution in [0.3, 0.4) is 0 Å². The van der Waals surface area contributed by atoms with Crippen molar-refractivity contribution in [2.45, 2.75) is 32.6 Å². The van der Waals surface area contributed by atoms with E-state index in [0.717, 1.165) is 38.9 Å². The summed E-state index contributed by atoms with van der Waals surface area (Å²) in [7, 11) is 0. The largest absolute Gasteiger partial charge is 0.372 e. The highest BCUT2D eigenvalue weighted by Crippen LogP contribution is 2.37. The summed E-state index contributed by atoms with van der Waals surface area (Å²) in [6.45, 7) is 5.03. The van der Waals surface area contributed by atoms with Crippen LogP contribution in [-0.2, 0) is 14.3 Å². The summed E-state index contributed by atoms with van der Waals surface area (Å²) in [5.74, 6) is 0.252. The lowest BCUT2D eigenvalue weighted by atomic mass is 9.73. The number of rotatable bonds is 3. The minimum atomic E-state index is 0.0894. The van der Waals surface area contributed by atoms with E-state index in [1.165, 1.54) is 0 Å². The van der Waals surface area contributed by atoms with Gasteiger partial charge in [-0.05, 0) is 31.6 Å². The highest BCUT2D eigenvalue weighted by molar-refractivity contribution is 5.78. The second-order valence-electron chi connectivity index (χ2n) is 5.29. The molecule has 2 fully saturated rings. The number of nitrogens with zero attached hydrogens (tertiary/aromatic N) is 1. The third-order valence-electron chi connectivity index (χ3n) is 4.15. The van der Waals surface area contributed by atoms with Gasteiger partial charge in [0.15, 0.2) is 0 Å². The van der Waals surface area contributed by atoms with Crippen LogP contribution in [0.25, 0.3) is 0 Å². The van der Waals surface area contributed by atoms with Crippen molar-refractivity contribution >= 4 is 11.8 Å². The van der Waals surface area contributed by atoms with Gasteiger partial charge in [0.05, 0.1) is 0 Å². The van der Waals surface area contributed by atoms with E-state index in [4.69, 9.17) is 4.74 Å². The molecule has 0 aliphatic carbocycles. The SMILES string of the molecule is CCOCC(=O)N1CCC2(CCC(=O)NC2)CC1. The highest BCUT2D eigenvalue weighted by atomic mass is 16.5. The van der Waals surface area contributed by atoms with Crippen molar-refractivity contribution in [1.82, 2.24) is 10.2 Å². The first-order chi connectivity index (χ1) is 8.65. The number of ether oxygens (including phenoxy) is 1. The summed E-state index contributed by atoms with van der Waals surface area (Å²) in [6.07, 6.45) is 3.58. The molecule has 2 saturated heterocycles. The summed E-state index contributed by atoms with van der Waals surface area (Å²) in [6, 6.07) is 0. The third-order valence-corrected chi connectivity index (χ3v) is 4.15. The molecule has 5 heteroatoms. The number of hydrogen-bond donors (Lipinski definition) is 1. The Labute approximate surface area is 108 Å². The quantitative estimate of drug-likeness (QED) is 0.800. The van der Waals surface area contributed by atoms with Crippen LogP contribution in [-0.4, -0.2) is 49.6 Å². The molecule has 1 N–H and O–H groups in total. The van der Waals surface area contributed by atoms with Crippen molar-refractivity contribution in [3.8, 4) is 0 Å². The maximum absolute atomic E-state index is 11.8. The minimum Gasteiger partial charge on any atom is -0.372 e. The first-order valence-electron chi connectivity index (χ1n) is 6.77. The van der Waals surface area contributed by atoms with Gasteiger partial charge in [0.1, 0.15) is 6.61 Å². The van der Waals surface area contributed by atoms with Gasteiger partial charge in [-0.25, -0.2) is 0 Å². The molecule has 2 aliphatic rings. The fourth-order valence-corrected chi connectivity index (χ4v) is 2.78. The predicted octanol–water partition coefficient (Wildman–Crippen LogP) is 0.542. The molecule has 2 rings (SSSR count). The molecule has 2 aliphatic heterocycles. The Morgan fingerprint density at radius 1 is 1.39 bits per heavy atom. The van der Waals surface area contributed by atoms with Crippen molar-refractivity contribution in [2.75, 3.05) is 32.8 Å². The van der Waals surface area contributed by atoms with Crippen molar-refractivity contribution in [1.29, 1.82) is 0 Å². The molecule has 102 valence electrons. The highest BCUT2D eigenvalue weighted by Gasteiger charge is 2.38. The van der Waals surface area contributed by atoms with E-state index in [1.807, 2.05) is 11.8 Å². The van der Waals surface area contributed by atoms with Gasteiger partial charge < -0.3 is 15.0 Å². The summed E-state index contributed by atoms with van der Waals surface area (Å²) in [5, 5.41) is 2.95. The van der Waals surface area contributed by atoms with Crippen molar-refractivity contribution in [3.63, 3.8) is 0 Å². The molecule has 0 unspecified atom stereocenters. The normalized spacial score (nSPS) is 22.9. The lowest BCUT2D eigenvalue weighted by Gasteiger charge is -2.44. The lowest BCUT2D eigenvalue weighted by molar-refractivity contribution is -0.139. The number of nitrogens with one attached hydrogen (secondary N) is 1. The van der Waals surface area contributed by atoms with Crippen LogP contribution in [0.15, 0.2) is 0 Å². The van der Waals surface area contributed by atoms with E-state index in [2.05, 4.69) is 5.32 Å². The Morgan fingerprint density at radius 3 is 2.67 bits per heavy atom. The Hall–Kier alpha value is -1.10. The Morgan fingerprint density at radius 2 is 2.11 bits per heavy atom. The van der Waals surface area contributed by atoms with Gasteiger partial charge in [0, 0.05) is 32.7 Å². The number of carbonyl (C=O) groups excluding carboxylic acids is 2. The van der Waals surface area contributed by atoms with Gasteiger partial charge in [0.25, 0.3) is 0 Å². The van der Waals surface area contributed by atoms with Gasteiger partial charge >= 0.3 is 0 Å². The molecule has 0 aromatic rings. The van der Waals surface area contributed by atoms with Crippen LogP contribution < -0.4 is 5.32 Å². The van der Waals surface area contributed by atoms with E-state index >= 15 is 0 Å². The van der Waals surface area contributed by atoms with Crippen LogP contribution in [0.4, 0.5) is 0 Å². The van der Waals surface area contributed by atoms with E-state index in [0.29, 0.717) is 13.0 Å². The molecule has 0 radical (unpaired) electrons. The molecule has 0 saturated carbocycles. The zero-order chi connectivity index (χ0) is 13.0. The van der Waals surface area contributed by atoms with Crippen LogP contribution in [0.5, 0.6) is 0 Å². The first kappa shape index (κ1) is 13.3. The zero-order valence-electron chi connectivity index (χ0n) is 11.0. The fraction of sp³-hybridized carbons (Fsp3) is 0.846. The maximum atomic E-state index is 11.8. The summed E-state index contributed by atoms with van der Waals surface area (Å²) < 4.78 is 5.15. The molecule has 0 aromatic carbocycles. The number of amides is 2. The summed E-state index contributed by atoms with van der Waals surface area (Å²) >= 11 is 0. The smallest absolute Gasteiger partial charge is 0.248 e. The monoisotopic (exact) mass is 254 g/mol. The van der Waals surface area contributed by atoms with E-state index < -0.39 is 0 Å². The Bertz CT molecular complexity index is 310. The molecule has 0 atom stereocenters. The number of piperidine rings is 2. The Balaban J connectivity index is 1.80. The molecule has 2 heterocycles. The van der Waals surface area contributed by atoms with Crippen LogP contribution >= 0.6 is 0 Å². The topological polar surface area (TPSA) is 58.6 Å². The predicted molar refractivity (Wildman–Crippen MR) is 67.0 cm³/mol. The second-order valence-corrected chi connectivity index (χ2v) is 5.29. The summed E-state index contributed by atoms with van der Waals surface area (Å²) in [5.41, 5.74) is 0.232. The average Bonchev–Trinajstić information content (AvgIpc) is 2.40. The average molecular weight is 254 g/mol. The summed E-state index contributed by atoms with van der Waals surface area (Å²) in [4.78, 5) is 24.9. The van der Waals surface area contributed by atoms with Crippen LogP contribution in [0, 0.1) is 5.41 Å². The Kier molecular flexibility index (Phi) is 4.22. The lowest BCUT2D eigenvalue weighted by Crippen LogP contribution is -2.51. The van der Waals surface area contributed by atoms with E-state index in [1.54, 1.807) is 0 Å². The minimum absolute atomic E-state index is 0.0894. The number of carbonyl (C=O) groups is 2. The molecule has 5 nitrogen and oxygen atoms in total. The molecule has 18 heavy (non-hydrogen) atoms. The van der Waals surface area contributed by atoms with Crippen molar-refractivity contribution in [2.24, 2.45) is 5.41 Å². The molecule has 0 bridgehead atoms. The van der Waals surface area contributed by atoms with Crippen LogP contribution in [0.1, 0.15) is 32.6 Å². The first-order valence-corrected chi connectivity index (χ1v) is 6.77. The van der Waals surface area contributed by atoms with Crippen LogP contribution in [0.2, 0.25) is 0 Å². The molecule has 0 aromatic heterocycles. The zero-order valence-corrected chi connectivity index (χ0v) is 11.0. The fourth-order valence-electron chi connectivity index (χ4n) is 2.78. The number of hydrogen-bond acceptors (Lipinski definition) is 3. The van der Waals surface area contributed by atoms with Crippen molar-refractivity contribution in [3.05, 3.63) is 0 Å². The van der Waals surface area contributed by atoms with E-state index in [-0.39, 0.29) is 23.8 Å². The van der Waals surface area contributed by atoms with Gasteiger partial charge in [-0.1, -0.05) is 0 Å². The van der Waals surface area contributed by atoms with Gasteiger partial charge in [-0.2, -0.15) is 0 Å². The maximum Gasteiger partial charge on any atom is 0.248 e. The standard InChI is InChI=1S/C13H22N2O3/c1-2-18-9-12(17)15-7-5-13(6-8-15)4-3-11(16)14-10-13/h2-10H2,1H3,(H,14,16). The molecule has 2 amide bonds. The van der Waals surface area contributed by atoms with Gasteiger partial charge in [0.2, 0.25) is 11.8 Å². The molecular formula is C13H22N2O3. The molecule has 1 spiro atoms. The third kappa shape index (κ3) is 3.02. The second kappa shape index (κ2) is 5.69. The number of likely N-dealkylation sites (tertiary alicyclic amines) is 1.